The molecule has 0 unspecified atom stereocenters. The van der Waals surface area contributed by atoms with Crippen LogP contribution < -0.4 is 10.1 Å². The lowest BCUT2D eigenvalue weighted by Gasteiger charge is -2.26. The molecule has 194 valence electrons. The zero-order valence-electron chi connectivity index (χ0n) is 21.1. The van der Waals surface area contributed by atoms with Crippen LogP contribution in [0.5, 0.6) is 5.75 Å². The summed E-state index contributed by atoms with van der Waals surface area (Å²) >= 11 is 0. The quantitative estimate of drug-likeness (QED) is 0.247. The average Bonchev–Trinajstić information content (AvgIpc) is 3.68. The molecule has 2 aromatic carbocycles. The standard InChI is InChI=1S/C28H29N7O3/c1-18-2-5-20(6-3-18)38-17-25-21(8-9-29-25)28(36)33-24-15-30-34-26(24)27-31-22-7-4-19(14-23(22)32-27)16-35-10-12-37-13-11-35/h2-9,14-15,29H,10-13,16-17H2,1H3,(H,30,34)(H,31,32)(H,33,36). The molecule has 1 amide bonds. The Labute approximate surface area is 219 Å². The molecule has 1 saturated heterocycles. The zero-order chi connectivity index (χ0) is 25.9. The number of amides is 1. The van der Waals surface area contributed by atoms with Gasteiger partial charge in [-0.1, -0.05) is 23.8 Å². The van der Waals surface area contributed by atoms with E-state index in [1.165, 1.54) is 5.56 Å². The van der Waals surface area contributed by atoms with Gasteiger partial charge in [0.2, 0.25) is 0 Å². The van der Waals surface area contributed by atoms with E-state index in [9.17, 15) is 4.79 Å². The maximum Gasteiger partial charge on any atom is 0.257 e. The van der Waals surface area contributed by atoms with Gasteiger partial charge < -0.3 is 24.8 Å². The molecule has 5 aromatic rings. The number of hydrogen-bond acceptors (Lipinski definition) is 6. The number of nitrogens with one attached hydrogen (secondary N) is 4. The van der Waals surface area contributed by atoms with E-state index < -0.39 is 0 Å². The van der Waals surface area contributed by atoms with Crippen molar-refractivity contribution < 1.29 is 14.3 Å². The van der Waals surface area contributed by atoms with Crippen LogP contribution in [0.4, 0.5) is 5.69 Å². The summed E-state index contributed by atoms with van der Waals surface area (Å²) in [7, 11) is 0. The highest BCUT2D eigenvalue weighted by Crippen LogP contribution is 2.27. The Morgan fingerprint density at radius 2 is 1.97 bits per heavy atom. The Morgan fingerprint density at radius 3 is 2.82 bits per heavy atom. The Hall–Kier alpha value is -4.41. The first kappa shape index (κ1) is 24.0. The molecule has 4 heterocycles. The molecule has 1 fully saturated rings. The van der Waals surface area contributed by atoms with Crippen molar-refractivity contribution in [2.45, 2.75) is 20.1 Å². The van der Waals surface area contributed by atoms with Gasteiger partial charge in [-0.3, -0.25) is 14.8 Å². The number of fused-ring (bicyclic) bond motifs is 1. The number of benzene rings is 2. The topological polar surface area (TPSA) is 124 Å². The molecular formula is C28H29N7O3. The van der Waals surface area contributed by atoms with Crippen molar-refractivity contribution in [3.05, 3.63) is 83.3 Å². The number of nitrogens with zero attached hydrogens (tertiary/aromatic N) is 3. The van der Waals surface area contributed by atoms with Crippen molar-refractivity contribution in [2.75, 3.05) is 31.6 Å². The van der Waals surface area contributed by atoms with Gasteiger partial charge in [0.1, 0.15) is 18.1 Å². The fourth-order valence-electron chi connectivity index (χ4n) is 4.57. The van der Waals surface area contributed by atoms with E-state index >= 15 is 0 Å². The van der Waals surface area contributed by atoms with E-state index in [1.54, 1.807) is 18.5 Å². The highest BCUT2D eigenvalue weighted by molar-refractivity contribution is 6.06. The van der Waals surface area contributed by atoms with Gasteiger partial charge in [-0.2, -0.15) is 5.10 Å². The maximum absolute atomic E-state index is 13.2. The minimum Gasteiger partial charge on any atom is -0.487 e. The molecule has 0 saturated carbocycles. The fraction of sp³-hybridized carbons (Fsp3) is 0.250. The molecule has 0 spiro atoms. The third-order valence-electron chi connectivity index (χ3n) is 6.66. The molecule has 10 nitrogen and oxygen atoms in total. The van der Waals surface area contributed by atoms with E-state index in [1.807, 2.05) is 37.3 Å². The maximum atomic E-state index is 13.2. The van der Waals surface area contributed by atoms with Gasteiger partial charge in [0, 0.05) is 25.8 Å². The molecule has 1 aliphatic rings. The minimum absolute atomic E-state index is 0.243. The van der Waals surface area contributed by atoms with Gasteiger partial charge in [-0.05, 0) is 42.8 Å². The lowest BCUT2D eigenvalue weighted by molar-refractivity contribution is 0.0342. The highest BCUT2D eigenvalue weighted by atomic mass is 16.5. The Balaban J connectivity index is 1.16. The van der Waals surface area contributed by atoms with Crippen molar-refractivity contribution in [1.82, 2.24) is 30.0 Å². The molecule has 6 rings (SSSR count). The monoisotopic (exact) mass is 511 g/mol. The summed E-state index contributed by atoms with van der Waals surface area (Å²) in [5.74, 6) is 1.08. The molecule has 4 N–H and O–H groups in total. The molecule has 1 aliphatic heterocycles. The molecule has 0 bridgehead atoms. The van der Waals surface area contributed by atoms with E-state index in [0.29, 0.717) is 28.5 Å². The number of hydrogen-bond donors (Lipinski definition) is 4. The summed E-state index contributed by atoms with van der Waals surface area (Å²) in [6.07, 6.45) is 3.31. The SMILES string of the molecule is Cc1ccc(OCc2[nH]ccc2C(=O)Nc2cn[nH]c2-c2nc3ccc(CN4CCOCC4)cc3[nH]2)cc1. The van der Waals surface area contributed by atoms with Crippen LogP contribution in [0.25, 0.3) is 22.6 Å². The number of anilines is 1. The number of H-pyrrole nitrogens is 3. The van der Waals surface area contributed by atoms with Crippen molar-refractivity contribution in [3.8, 4) is 17.3 Å². The highest BCUT2D eigenvalue weighted by Gasteiger charge is 2.19. The largest absolute Gasteiger partial charge is 0.487 e. The Kier molecular flexibility index (Phi) is 6.63. The smallest absolute Gasteiger partial charge is 0.257 e. The van der Waals surface area contributed by atoms with Crippen LogP contribution in [-0.2, 0) is 17.9 Å². The first-order valence-corrected chi connectivity index (χ1v) is 12.6. The lowest BCUT2D eigenvalue weighted by Crippen LogP contribution is -2.35. The predicted octanol–water partition coefficient (Wildman–Crippen LogP) is 4.25. The number of imidazole rings is 1. The normalized spacial score (nSPS) is 14.1. The molecule has 0 radical (unpaired) electrons. The van der Waals surface area contributed by atoms with Crippen LogP contribution in [0.2, 0.25) is 0 Å². The van der Waals surface area contributed by atoms with Crippen LogP contribution in [0.3, 0.4) is 0 Å². The van der Waals surface area contributed by atoms with Crippen LogP contribution in [0, 0.1) is 6.92 Å². The second kappa shape index (κ2) is 10.5. The van der Waals surface area contributed by atoms with Gasteiger partial charge in [-0.25, -0.2) is 4.98 Å². The zero-order valence-corrected chi connectivity index (χ0v) is 21.1. The molecule has 10 heteroatoms. The first-order chi connectivity index (χ1) is 18.6. The summed E-state index contributed by atoms with van der Waals surface area (Å²) in [6.45, 7) is 6.55. The van der Waals surface area contributed by atoms with Crippen LogP contribution in [0.15, 0.2) is 60.9 Å². The van der Waals surface area contributed by atoms with Crippen molar-refractivity contribution in [2.24, 2.45) is 0 Å². The number of carbonyl (C=O) groups excluding carboxylic acids is 1. The summed E-state index contributed by atoms with van der Waals surface area (Å²) in [5, 5.41) is 10.1. The number of aryl methyl sites for hydroxylation is 1. The van der Waals surface area contributed by atoms with Gasteiger partial charge >= 0.3 is 0 Å². The van der Waals surface area contributed by atoms with Gasteiger partial charge in [-0.15, -0.1) is 0 Å². The number of carbonyl (C=O) groups is 1. The molecule has 0 aliphatic carbocycles. The second-order valence-corrected chi connectivity index (χ2v) is 9.41. The van der Waals surface area contributed by atoms with Gasteiger partial charge in [0.25, 0.3) is 5.91 Å². The third kappa shape index (κ3) is 5.17. The Bertz CT molecular complexity index is 1540. The summed E-state index contributed by atoms with van der Waals surface area (Å²) in [6, 6.07) is 15.8. The number of aromatic amines is 3. The fourth-order valence-corrected chi connectivity index (χ4v) is 4.57. The first-order valence-electron chi connectivity index (χ1n) is 12.6. The molecule has 0 atom stereocenters. The number of rotatable bonds is 8. The van der Waals surface area contributed by atoms with Crippen LogP contribution in [0.1, 0.15) is 27.2 Å². The van der Waals surface area contributed by atoms with Crippen molar-refractivity contribution in [3.63, 3.8) is 0 Å². The average molecular weight is 512 g/mol. The van der Waals surface area contributed by atoms with Crippen LogP contribution >= 0.6 is 0 Å². The minimum atomic E-state index is -0.264. The van der Waals surface area contributed by atoms with Crippen molar-refractivity contribution >= 4 is 22.6 Å². The Morgan fingerprint density at radius 1 is 1.13 bits per heavy atom. The summed E-state index contributed by atoms with van der Waals surface area (Å²) in [5.41, 5.74) is 6.47. The van der Waals surface area contributed by atoms with E-state index in [2.05, 4.69) is 42.5 Å². The molecule has 3 aromatic heterocycles. The van der Waals surface area contributed by atoms with E-state index in [4.69, 9.17) is 14.5 Å². The van der Waals surface area contributed by atoms with Gasteiger partial charge in [0.05, 0.1) is 47.4 Å². The van der Waals surface area contributed by atoms with E-state index in [-0.39, 0.29) is 12.5 Å². The molecular weight excluding hydrogens is 482 g/mol. The number of morpholine rings is 1. The second-order valence-electron chi connectivity index (χ2n) is 9.41. The predicted molar refractivity (Wildman–Crippen MR) is 144 cm³/mol. The van der Waals surface area contributed by atoms with Crippen molar-refractivity contribution in [1.29, 1.82) is 0 Å². The van der Waals surface area contributed by atoms with E-state index in [0.717, 1.165) is 55.2 Å². The number of aromatic nitrogens is 5. The molecule has 38 heavy (non-hydrogen) atoms. The third-order valence-corrected chi connectivity index (χ3v) is 6.66. The lowest BCUT2D eigenvalue weighted by atomic mass is 10.2. The summed E-state index contributed by atoms with van der Waals surface area (Å²) < 4.78 is 11.3. The summed E-state index contributed by atoms with van der Waals surface area (Å²) in [4.78, 5) is 26.8. The van der Waals surface area contributed by atoms with Gasteiger partial charge in [0.15, 0.2) is 5.82 Å². The van der Waals surface area contributed by atoms with Crippen LogP contribution in [-0.4, -0.2) is 62.3 Å². The number of ether oxygens (including phenoxy) is 2.